The summed E-state index contributed by atoms with van der Waals surface area (Å²) in [6.07, 6.45) is 1.98. The Bertz CT molecular complexity index is 640. The van der Waals surface area contributed by atoms with E-state index in [0.717, 1.165) is 0 Å². The standard InChI is InChI=1S/C11H13N5O3/c12-10-7-11(14-3-13-10)16(4-15-7)6-1-5(2-17)8(18)9(6)19/h3-6,9,17,19H,1-2H2,(H2,12,13,14)/t5-,6-,9+/m1/s1. The van der Waals surface area contributed by atoms with E-state index in [2.05, 4.69) is 15.0 Å². The lowest BCUT2D eigenvalue weighted by Gasteiger charge is -2.15. The minimum atomic E-state index is -1.16. The van der Waals surface area contributed by atoms with Crippen molar-refractivity contribution in [3.63, 3.8) is 0 Å². The average molecular weight is 263 g/mol. The second-order valence-corrected chi connectivity index (χ2v) is 4.61. The second kappa shape index (κ2) is 4.25. The summed E-state index contributed by atoms with van der Waals surface area (Å²) in [5.74, 6) is -0.644. The predicted octanol–water partition coefficient (Wildman–Crippen LogP) is -1.11. The third-order valence-electron chi connectivity index (χ3n) is 3.55. The highest BCUT2D eigenvalue weighted by Crippen LogP contribution is 2.34. The van der Waals surface area contributed by atoms with Crippen LogP contribution in [0.4, 0.5) is 5.82 Å². The molecule has 8 nitrogen and oxygen atoms in total. The van der Waals surface area contributed by atoms with E-state index in [1.54, 1.807) is 4.57 Å². The zero-order valence-corrected chi connectivity index (χ0v) is 9.97. The lowest BCUT2D eigenvalue weighted by Crippen LogP contribution is -2.25. The third-order valence-corrected chi connectivity index (χ3v) is 3.55. The predicted molar refractivity (Wildman–Crippen MR) is 65.0 cm³/mol. The van der Waals surface area contributed by atoms with Gasteiger partial charge in [-0.3, -0.25) is 4.79 Å². The molecule has 0 saturated heterocycles. The molecule has 2 aromatic heterocycles. The van der Waals surface area contributed by atoms with Crippen molar-refractivity contribution < 1.29 is 15.0 Å². The van der Waals surface area contributed by atoms with Crippen LogP contribution < -0.4 is 5.73 Å². The number of ketones is 1. The summed E-state index contributed by atoms with van der Waals surface area (Å²) in [4.78, 5) is 23.8. The number of aromatic nitrogens is 4. The number of nitrogen functional groups attached to an aromatic ring is 1. The van der Waals surface area contributed by atoms with Crippen molar-refractivity contribution in [1.29, 1.82) is 0 Å². The van der Waals surface area contributed by atoms with Crippen molar-refractivity contribution in [1.82, 2.24) is 19.5 Å². The van der Waals surface area contributed by atoms with Crippen molar-refractivity contribution >= 4 is 22.8 Å². The quantitative estimate of drug-likeness (QED) is 0.627. The number of rotatable bonds is 2. The first-order chi connectivity index (χ1) is 9.13. The maximum atomic E-state index is 11.7. The van der Waals surface area contributed by atoms with E-state index in [1.165, 1.54) is 12.7 Å². The molecule has 1 saturated carbocycles. The number of Topliss-reactive ketones (excluding diaryl/α,β-unsaturated/α-hetero) is 1. The van der Waals surface area contributed by atoms with Crippen LogP contribution >= 0.6 is 0 Å². The Morgan fingerprint density at radius 1 is 1.42 bits per heavy atom. The molecule has 1 fully saturated rings. The maximum Gasteiger partial charge on any atom is 0.168 e. The number of aliphatic hydroxyl groups excluding tert-OH is 2. The first kappa shape index (κ1) is 12.0. The van der Waals surface area contributed by atoms with Gasteiger partial charge in [-0.2, -0.15) is 0 Å². The molecular formula is C11H13N5O3. The lowest BCUT2D eigenvalue weighted by molar-refractivity contribution is -0.129. The van der Waals surface area contributed by atoms with Crippen LogP contribution in [0.25, 0.3) is 11.2 Å². The molecule has 2 aromatic rings. The summed E-state index contributed by atoms with van der Waals surface area (Å²) in [6.45, 7) is -0.268. The first-order valence-electron chi connectivity index (χ1n) is 5.89. The highest BCUT2D eigenvalue weighted by molar-refractivity contribution is 5.89. The number of aliphatic hydroxyl groups is 2. The summed E-state index contributed by atoms with van der Waals surface area (Å²) >= 11 is 0. The molecule has 0 unspecified atom stereocenters. The number of anilines is 1. The Morgan fingerprint density at radius 3 is 2.89 bits per heavy atom. The maximum absolute atomic E-state index is 11.7. The van der Waals surface area contributed by atoms with E-state index in [-0.39, 0.29) is 18.2 Å². The number of carbonyl (C=O) groups is 1. The van der Waals surface area contributed by atoms with Crippen LogP contribution in [-0.4, -0.2) is 48.2 Å². The number of imidazole rings is 1. The molecule has 0 aromatic carbocycles. The average Bonchev–Trinajstić information content (AvgIpc) is 2.94. The van der Waals surface area contributed by atoms with Gasteiger partial charge in [0.05, 0.1) is 19.0 Å². The summed E-state index contributed by atoms with van der Waals surface area (Å²) in [6, 6.07) is -0.482. The largest absolute Gasteiger partial charge is 0.396 e. The molecule has 0 bridgehead atoms. The van der Waals surface area contributed by atoms with Gasteiger partial charge in [0.2, 0.25) is 0 Å². The van der Waals surface area contributed by atoms with E-state index in [4.69, 9.17) is 10.8 Å². The van der Waals surface area contributed by atoms with Crippen molar-refractivity contribution in [2.24, 2.45) is 5.92 Å². The topological polar surface area (TPSA) is 127 Å². The van der Waals surface area contributed by atoms with Crippen molar-refractivity contribution in [2.45, 2.75) is 18.6 Å². The number of carbonyl (C=O) groups excluding carboxylic acids is 1. The molecule has 3 rings (SSSR count). The van der Waals surface area contributed by atoms with Gasteiger partial charge in [0, 0.05) is 5.92 Å². The van der Waals surface area contributed by atoms with Gasteiger partial charge in [-0.1, -0.05) is 0 Å². The summed E-state index contributed by atoms with van der Waals surface area (Å²) in [5, 5.41) is 19.1. The number of nitrogens with two attached hydrogens (primary N) is 1. The molecular weight excluding hydrogens is 250 g/mol. The lowest BCUT2D eigenvalue weighted by atomic mass is 10.1. The van der Waals surface area contributed by atoms with Gasteiger partial charge in [-0.15, -0.1) is 0 Å². The first-order valence-corrected chi connectivity index (χ1v) is 5.89. The van der Waals surface area contributed by atoms with Crippen molar-refractivity contribution in [3.8, 4) is 0 Å². The Balaban J connectivity index is 2.06. The van der Waals surface area contributed by atoms with Gasteiger partial charge in [0.15, 0.2) is 17.2 Å². The summed E-state index contributed by atoms with van der Waals surface area (Å²) in [7, 11) is 0. The molecule has 8 heteroatoms. The fourth-order valence-corrected chi connectivity index (χ4v) is 2.51. The summed E-state index contributed by atoms with van der Waals surface area (Å²) < 4.78 is 1.62. The normalized spacial score (nSPS) is 27.3. The number of hydrogen-bond donors (Lipinski definition) is 3. The Kier molecular flexibility index (Phi) is 2.68. The molecule has 19 heavy (non-hydrogen) atoms. The molecule has 0 radical (unpaired) electrons. The van der Waals surface area contributed by atoms with Crippen LogP contribution in [-0.2, 0) is 4.79 Å². The SMILES string of the molecule is Nc1ncnc2c1ncn2[C@@H]1C[C@H](CO)C(=O)[C@H]1O. The minimum absolute atomic E-state index is 0.251. The van der Waals surface area contributed by atoms with Gasteiger partial charge in [0.1, 0.15) is 17.9 Å². The van der Waals surface area contributed by atoms with E-state index in [1.807, 2.05) is 0 Å². The van der Waals surface area contributed by atoms with Crippen LogP contribution in [0.2, 0.25) is 0 Å². The van der Waals surface area contributed by atoms with Crippen molar-refractivity contribution in [2.75, 3.05) is 12.3 Å². The smallest absolute Gasteiger partial charge is 0.168 e. The Morgan fingerprint density at radius 2 is 2.21 bits per heavy atom. The Hall–Kier alpha value is -2.06. The Labute approximate surface area is 107 Å². The molecule has 0 aliphatic heterocycles. The molecule has 0 spiro atoms. The van der Waals surface area contributed by atoms with Crippen LogP contribution in [0.1, 0.15) is 12.5 Å². The molecule has 1 aliphatic carbocycles. The van der Waals surface area contributed by atoms with Crippen LogP contribution in [0.15, 0.2) is 12.7 Å². The zero-order valence-electron chi connectivity index (χ0n) is 9.97. The van der Waals surface area contributed by atoms with Crippen LogP contribution in [0.5, 0.6) is 0 Å². The van der Waals surface area contributed by atoms with E-state index in [0.29, 0.717) is 17.6 Å². The van der Waals surface area contributed by atoms with E-state index < -0.39 is 18.1 Å². The van der Waals surface area contributed by atoms with Crippen LogP contribution in [0.3, 0.4) is 0 Å². The van der Waals surface area contributed by atoms with Gasteiger partial charge >= 0.3 is 0 Å². The van der Waals surface area contributed by atoms with E-state index >= 15 is 0 Å². The number of fused-ring (bicyclic) bond motifs is 1. The van der Waals surface area contributed by atoms with Gasteiger partial charge < -0.3 is 20.5 Å². The highest BCUT2D eigenvalue weighted by Gasteiger charge is 2.42. The van der Waals surface area contributed by atoms with Gasteiger partial charge in [-0.25, -0.2) is 15.0 Å². The van der Waals surface area contributed by atoms with Crippen molar-refractivity contribution in [3.05, 3.63) is 12.7 Å². The highest BCUT2D eigenvalue weighted by atomic mass is 16.3. The zero-order chi connectivity index (χ0) is 13.6. The van der Waals surface area contributed by atoms with Gasteiger partial charge in [0.25, 0.3) is 0 Å². The molecule has 4 N–H and O–H groups in total. The second-order valence-electron chi connectivity index (χ2n) is 4.61. The minimum Gasteiger partial charge on any atom is -0.396 e. The molecule has 2 heterocycles. The monoisotopic (exact) mass is 263 g/mol. The molecule has 1 aliphatic rings. The fourth-order valence-electron chi connectivity index (χ4n) is 2.51. The fraction of sp³-hybridized carbons (Fsp3) is 0.455. The third kappa shape index (κ3) is 1.68. The summed E-state index contributed by atoms with van der Waals surface area (Å²) in [5.41, 5.74) is 6.60. The molecule has 0 amide bonds. The molecule has 3 atom stereocenters. The van der Waals surface area contributed by atoms with Gasteiger partial charge in [-0.05, 0) is 6.42 Å². The van der Waals surface area contributed by atoms with Crippen LogP contribution in [0, 0.1) is 5.92 Å². The van der Waals surface area contributed by atoms with E-state index in [9.17, 15) is 9.90 Å². The number of nitrogens with zero attached hydrogens (tertiary/aromatic N) is 4. The molecule has 100 valence electrons. The number of hydrogen-bond acceptors (Lipinski definition) is 7.